The molecular weight excluding hydrogens is 588 g/mol. The van der Waals surface area contributed by atoms with E-state index in [1.807, 2.05) is 36.4 Å². The molecule has 0 aliphatic carbocycles. The van der Waals surface area contributed by atoms with Crippen LogP contribution in [0.15, 0.2) is 66.7 Å². The van der Waals surface area contributed by atoms with Crippen LogP contribution in [0.5, 0.6) is 0 Å². The number of benzene rings is 3. The van der Waals surface area contributed by atoms with Crippen molar-refractivity contribution >= 4 is 11.9 Å². The number of nitrogens with one attached hydrogen (secondary N) is 3. The number of piperazine rings is 1. The summed E-state index contributed by atoms with van der Waals surface area (Å²) in [4.78, 5) is 24.3. The Morgan fingerprint density at radius 3 is 2.38 bits per heavy atom. The van der Waals surface area contributed by atoms with E-state index in [9.17, 15) is 22.4 Å². The van der Waals surface area contributed by atoms with E-state index < -0.39 is 12.1 Å². The van der Waals surface area contributed by atoms with E-state index in [0.717, 1.165) is 56.8 Å². The van der Waals surface area contributed by atoms with E-state index in [4.69, 9.17) is 9.90 Å². The van der Waals surface area contributed by atoms with Crippen LogP contribution in [0.1, 0.15) is 46.8 Å². The van der Waals surface area contributed by atoms with Gasteiger partial charge >= 0.3 is 12.1 Å². The maximum absolute atomic E-state index is 14.9. The number of alkyl halides is 3. The van der Waals surface area contributed by atoms with Gasteiger partial charge in [-0.05, 0) is 97.8 Å². The Kier molecular flexibility index (Phi) is 12.1. The quantitative estimate of drug-likeness (QED) is 0.250. The average molecular weight is 629 g/mol. The van der Waals surface area contributed by atoms with Crippen molar-refractivity contribution in [1.29, 1.82) is 0 Å². The highest BCUT2D eigenvalue weighted by atomic mass is 19.4. The second-order valence-corrected chi connectivity index (χ2v) is 11.7. The van der Waals surface area contributed by atoms with Crippen molar-refractivity contribution in [2.75, 3.05) is 32.7 Å². The summed E-state index contributed by atoms with van der Waals surface area (Å²) < 4.78 is 46.6. The summed E-state index contributed by atoms with van der Waals surface area (Å²) in [6, 6.07) is 21.7. The monoisotopic (exact) mass is 628 g/mol. The first-order valence-corrected chi connectivity index (χ1v) is 15.2. The molecule has 1 atom stereocenters. The first kappa shape index (κ1) is 34.1. The lowest BCUT2D eigenvalue weighted by atomic mass is 9.90. The molecule has 1 amide bonds. The molecule has 2 saturated heterocycles. The summed E-state index contributed by atoms with van der Waals surface area (Å²) in [5.41, 5.74) is 5.37. The Morgan fingerprint density at radius 2 is 1.67 bits per heavy atom. The molecule has 2 heterocycles. The van der Waals surface area contributed by atoms with Crippen LogP contribution in [-0.2, 0) is 24.3 Å². The Morgan fingerprint density at radius 1 is 0.956 bits per heavy atom. The van der Waals surface area contributed by atoms with Gasteiger partial charge in [0.1, 0.15) is 5.82 Å². The van der Waals surface area contributed by atoms with Gasteiger partial charge in [0.2, 0.25) is 0 Å². The molecule has 11 heteroatoms. The molecule has 7 nitrogen and oxygen atoms in total. The normalized spacial score (nSPS) is 17.7. The highest BCUT2D eigenvalue weighted by Crippen LogP contribution is 2.26. The van der Waals surface area contributed by atoms with Crippen molar-refractivity contribution in [2.45, 2.75) is 51.5 Å². The van der Waals surface area contributed by atoms with Gasteiger partial charge in [-0.1, -0.05) is 36.4 Å². The van der Waals surface area contributed by atoms with Crippen LogP contribution in [-0.4, -0.2) is 66.8 Å². The highest BCUT2D eigenvalue weighted by Gasteiger charge is 2.38. The van der Waals surface area contributed by atoms with E-state index in [1.54, 1.807) is 6.07 Å². The highest BCUT2D eigenvalue weighted by molar-refractivity contribution is 5.94. The Labute approximate surface area is 261 Å². The van der Waals surface area contributed by atoms with Crippen molar-refractivity contribution in [3.8, 4) is 11.1 Å². The number of carboxylic acids is 1. The summed E-state index contributed by atoms with van der Waals surface area (Å²) in [7, 11) is 0. The number of carbonyl (C=O) groups is 2. The third-order valence-corrected chi connectivity index (χ3v) is 8.00. The zero-order valence-corrected chi connectivity index (χ0v) is 25.3. The molecule has 0 aromatic heterocycles. The number of piperidine rings is 1. The van der Waals surface area contributed by atoms with Gasteiger partial charge in [-0.25, -0.2) is 9.18 Å². The largest absolute Gasteiger partial charge is 0.490 e. The fourth-order valence-electron chi connectivity index (χ4n) is 5.70. The molecule has 0 radical (unpaired) electrons. The van der Waals surface area contributed by atoms with Crippen molar-refractivity contribution < 1.29 is 32.3 Å². The van der Waals surface area contributed by atoms with Crippen LogP contribution in [0, 0.1) is 11.7 Å². The van der Waals surface area contributed by atoms with Crippen molar-refractivity contribution in [1.82, 2.24) is 20.9 Å². The predicted octanol–water partition coefficient (Wildman–Crippen LogP) is 5.39. The maximum Gasteiger partial charge on any atom is 0.490 e. The fraction of sp³-hybridized carbons (Fsp3) is 0.412. The summed E-state index contributed by atoms with van der Waals surface area (Å²) in [5, 5.41) is 17.0. The summed E-state index contributed by atoms with van der Waals surface area (Å²) in [5.74, 6) is -2.44. The average Bonchev–Trinajstić information content (AvgIpc) is 3.01. The van der Waals surface area contributed by atoms with Crippen LogP contribution in [0.2, 0.25) is 0 Å². The third-order valence-electron chi connectivity index (χ3n) is 8.00. The number of hydrogen-bond acceptors (Lipinski definition) is 5. The maximum atomic E-state index is 14.9. The molecule has 2 aliphatic rings. The zero-order chi connectivity index (χ0) is 32.4. The van der Waals surface area contributed by atoms with E-state index in [2.05, 4.69) is 46.0 Å². The topological polar surface area (TPSA) is 93.7 Å². The molecule has 2 fully saturated rings. The number of halogens is 4. The number of rotatable bonds is 8. The third kappa shape index (κ3) is 10.7. The zero-order valence-electron chi connectivity index (χ0n) is 25.3. The van der Waals surface area contributed by atoms with Gasteiger partial charge in [-0.3, -0.25) is 9.69 Å². The van der Waals surface area contributed by atoms with Crippen molar-refractivity contribution in [3.63, 3.8) is 0 Å². The number of nitrogens with zero attached hydrogens (tertiary/aromatic N) is 1. The molecule has 0 unspecified atom stereocenters. The minimum atomic E-state index is -5.08. The Bertz CT molecular complexity index is 1440. The van der Waals surface area contributed by atoms with Crippen LogP contribution >= 0.6 is 0 Å². The molecule has 0 saturated carbocycles. The number of hydrogen-bond donors (Lipinski definition) is 4. The summed E-state index contributed by atoms with van der Waals surface area (Å²) in [6.07, 6.45) is -1.71. The van der Waals surface area contributed by atoms with Crippen molar-refractivity contribution in [2.24, 2.45) is 5.92 Å². The second-order valence-electron chi connectivity index (χ2n) is 11.7. The number of amides is 1. The smallest absolute Gasteiger partial charge is 0.475 e. The SMILES string of the molecule is C[C@H]1CN(Cc2cccc(-c3cc(CNC(=O)c4cccc(CC5CCNCC5)c4)ccc3F)c2)CCN1.O=C(O)C(F)(F)F. The standard InChI is InChI=1S/C32H39FN4O.C2HF3O2/c1-23-21-37(15-14-35-23)22-27-5-3-6-28(18-27)30-19-26(8-9-31(30)33)20-36-32(38)29-7-2-4-25(17-29)16-24-10-12-34-13-11-24;3-2(4,5)1(6)7/h2-9,17-19,23-24,34-35H,10-16,20-22H2,1H3,(H,36,38);(H,6,7)/t23-;/m0./s1. The molecule has 242 valence electrons. The van der Waals surface area contributed by atoms with E-state index in [-0.39, 0.29) is 11.7 Å². The van der Waals surface area contributed by atoms with E-state index in [0.29, 0.717) is 29.6 Å². The number of carboxylic acid groups (broad SMARTS) is 1. The Hall–Kier alpha value is -3.80. The van der Waals surface area contributed by atoms with Gasteiger partial charge in [-0.2, -0.15) is 13.2 Å². The summed E-state index contributed by atoms with van der Waals surface area (Å²) >= 11 is 0. The minimum Gasteiger partial charge on any atom is -0.475 e. The van der Waals surface area contributed by atoms with Crippen molar-refractivity contribution in [3.05, 3.63) is 94.8 Å². The molecule has 45 heavy (non-hydrogen) atoms. The Balaban J connectivity index is 0.000000591. The van der Waals surface area contributed by atoms with Crippen LogP contribution in [0.4, 0.5) is 17.6 Å². The molecule has 4 N–H and O–H groups in total. The van der Waals surface area contributed by atoms with Crippen LogP contribution in [0.3, 0.4) is 0 Å². The van der Waals surface area contributed by atoms with Gasteiger partial charge in [0.05, 0.1) is 0 Å². The van der Waals surface area contributed by atoms with Crippen LogP contribution in [0.25, 0.3) is 11.1 Å². The van der Waals surface area contributed by atoms with Gasteiger partial charge in [0, 0.05) is 49.9 Å². The molecule has 5 rings (SSSR count). The first-order chi connectivity index (χ1) is 21.5. The van der Waals surface area contributed by atoms with Gasteiger partial charge < -0.3 is 21.1 Å². The lowest BCUT2D eigenvalue weighted by Gasteiger charge is -2.31. The van der Waals surface area contributed by atoms with Gasteiger partial charge in [-0.15, -0.1) is 0 Å². The molecule has 0 bridgehead atoms. The molecule has 2 aliphatic heterocycles. The minimum absolute atomic E-state index is 0.102. The number of aliphatic carboxylic acids is 1. The van der Waals surface area contributed by atoms with E-state index >= 15 is 0 Å². The molecule has 0 spiro atoms. The predicted molar refractivity (Wildman–Crippen MR) is 165 cm³/mol. The van der Waals surface area contributed by atoms with E-state index in [1.165, 1.54) is 30.0 Å². The lowest BCUT2D eigenvalue weighted by Crippen LogP contribution is -2.48. The lowest BCUT2D eigenvalue weighted by molar-refractivity contribution is -0.192. The van der Waals surface area contributed by atoms with Gasteiger partial charge in [0.25, 0.3) is 5.91 Å². The fourth-order valence-corrected chi connectivity index (χ4v) is 5.70. The van der Waals surface area contributed by atoms with Crippen LogP contribution < -0.4 is 16.0 Å². The molecule has 3 aromatic carbocycles. The second kappa shape index (κ2) is 16.0. The van der Waals surface area contributed by atoms with Gasteiger partial charge in [0.15, 0.2) is 0 Å². The molecule has 3 aromatic rings. The first-order valence-electron chi connectivity index (χ1n) is 15.2. The molecular formula is C34H40F4N4O3. The summed E-state index contributed by atoms with van der Waals surface area (Å²) in [6.45, 7) is 8.57. The number of carbonyl (C=O) groups excluding carboxylic acids is 1.